The average molecular weight is 455 g/mol. The monoisotopic (exact) mass is 455 g/mol. The third kappa shape index (κ3) is 4.18. The van der Waals surface area contributed by atoms with Crippen LogP contribution in [0.25, 0.3) is 0 Å². The molecule has 3 aliphatic heterocycles. The van der Waals surface area contributed by atoms with Crippen LogP contribution in [0.1, 0.15) is 34.5 Å². The van der Waals surface area contributed by atoms with E-state index >= 15 is 0 Å². The second kappa shape index (κ2) is 8.51. The number of aromatic nitrogens is 1. The highest BCUT2D eigenvalue weighted by Gasteiger charge is 2.41. The summed E-state index contributed by atoms with van der Waals surface area (Å²) in [4.78, 5) is 46.6. The number of carbonyl (C=O) groups excluding carboxylic acids is 3. The second-order valence-electron chi connectivity index (χ2n) is 8.58. The second-order valence-corrected chi connectivity index (χ2v) is 8.58. The number of amides is 3. The van der Waals surface area contributed by atoms with E-state index in [4.69, 9.17) is 0 Å². The first-order valence-corrected chi connectivity index (χ1v) is 10.9. The number of pyridine rings is 1. The molecule has 0 bridgehead atoms. The summed E-state index contributed by atoms with van der Waals surface area (Å²) in [6, 6.07) is 4.64. The zero-order valence-electron chi connectivity index (χ0n) is 17.9. The van der Waals surface area contributed by atoms with Gasteiger partial charge in [-0.3, -0.25) is 29.6 Å². The van der Waals surface area contributed by atoms with Crippen molar-refractivity contribution in [1.82, 2.24) is 20.1 Å². The Bertz CT molecular complexity index is 1130. The van der Waals surface area contributed by atoms with Crippen LogP contribution in [0, 0.1) is 11.6 Å². The molecule has 2 saturated heterocycles. The molecule has 3 aliphatic rings. The molecule has 5 rings (SSSR count). The standard InChI is InChI=1S/C23H23F2N5O3/c24-14-3-4-26-16(9-14)12-28-5-7-29(8-6-28)20-11-15(25)10-17-18(20)13-30(23(17)33)19-1-2-21(31)27-22(19)32/h3-4,9-11,19H,1-2,5-8,12-13H2,(H,27,31,32). The predicted octanol–water partition coefficient (Wildman–Crippen LogP) is 1.44. The Labute approximate surface area is 189 Å². The third-order valence-electron chi connectivity index (χ3n) is 6.47. The van der Waals surface area contributed by atoms with Gasteiger partial charge in [-0.05, 0) is 30.7 Å². The van der Waals surface area contributed by atoms with Crippen LogP contribution in [0.4, 0.5) is 14.5 Å². The summed E-state index contributed by atoms with van der Waals surface area (Å²) >= 11 is 0. The Morgan fingerprint density at radius 2 is 1.82 bits per heavy atom. The minimum absolute atomic E-state index is 0.167. The van der Waals surface area contributed by atoms with Gasteiger partial charge in [0.05, 0.1) is 5.69 Å². The van der Waals surface area contributed by atoms with Gasteiger partial charge in [-0.2, -0.15) is 0 Å². The molecule has 8 nitrogen and oxygen atoms in total. The summed E-state index contributed by atoms with van der Waals surface area (Å²) in [6.07, 6.45) is 1.87. The van der Waals surface area contributed by atoms with Crippen molar-refractivity contribution in [3.8, 4) is 0 Å². The van der Waals surface area contributed by atoms with E-state index in [1.165, 1.54) is 35.4 Å². The molecule has 1 unspecified atom stereocenters. The Kier molecular flexibility index (Phi) is 5.53. The van der Waals surface area contributed by atoms with Crippen LogP contribution in [0.5, 0.6) is 0 Å². The quantitative estimate of drug-likeness (QED) is 0.703. The van der Waals surface area contributed by atoms with E-state index in [1.54, 1.807) is 0 Å². The highest BCUT2D eigenvalue weighted by atomic mass is 19.1. The fourth-order valence-corrected chi connectivity index (χ4v) is 4.80. The molecule has 1 aromatic carbocycles. The highest BCUT2D eigenvalue weighted by Crippen LogP contribution is 2.35. The predicted molar refractivity (Wildman–Crippen MR) is 114 cm³/mol. The van der Waals surface area contributed by atoms with E-state index < -0.39 is 23.7 Å². The zero-order chi connectivity index (χ0) is 23.1. The summed E-state index contributed by atoms with van der Waals surface area (Å²) in [6.45, 7) is 3.29. The number of hydrogen-bond acceptors (Lipinski definition) is 6. The summed E-state index contributed by atoms with van der Waals surface area (Å²) in [5.74, 6) is -2.06. The van der Waals surface area contributed by atoms with E-state index in [-0.39, 0.29) is 36.7 Å². The average Bonchev–Trinajstić information content (AvgIpc) is 3.10. The number of piperidine rings is 1. The van der Waals surface area contributed by atoms with Gasteiger partial charge in [-0.25, -0.2) is 8.78 Å². The lowest BCUT2D eigenvalue weighted by atomic mass is 10.0. The number of benzene rings is 1. The molecule has 0 saturated carbocycles. The normalized spacial score (nSPS) is 21.4. The summed E-state index contributed by atoms with van der Waals surface area (Å²) < 4.78 is 27.9. The summed E-state index contributed by atoms with van der Waals surface area (Å²) in [5.41, 5.74) is 2.27. The van der Waals surface area contributed by atoms with Gasteiger partial charge < -0.3 is 9.80 Å². The largest absolute Gasteiger partial charge is 0.369 e. The van der Waals surface area contributed by atoms with Crippen molar-refractivity contribution >= 4 is 23.4 Å². The van der Waals surface area contributed by atoms with E-state index in [1.807, 2.05) is 4.90 Å². The number of imide groups is 1. The van der Waals surface area contributed by atoms with Crippen molar-refractivity contribution in [3.63, 3.8) is 0 Å². The van der Waals surface area contributed by atoms with Crippen molar-refractivity contribution in [2.45, 2.75) is 32.0 Å². The number of hydrogen-bond donors (Lipinski definition) is 1. The zero-order valence-corrected chi connectivity index (χ0v) is 17.9. The number of piperazine rings is 1. The van der Waals surface area contributed by atoms with E-state index in [9.17, 15) is 23.2 Å². The number of nitrogens with one attached hydrogen (secondary N) is 1. The maximum atomic E-state index is 14.5. The first-order chi connectivity index (χ1) is 15.9. The maximum Gasteiger partial charge on any atom is 0.255 e. The Morgan fingerprint density at radius 3 is 2.55 bits per heavy atom. The number of nitrogens with zero attached hydrogens (tertiary/aromatic N) is 4. The van der Waals surface area contributed by atoms with Gasteiger partial charge >= 0.3 is 0 Å². The first kappa shape index (κ1) is 21.4. The molecular formula is C23H23F2N5O3. The number of rotatable bonds is 4. The Hall–Kier alpha value is -3.40. The lowest BCUT2D eigenvalue weighted by molar-refractivity contribution is -0.136. The van der Waals surface area contributed by atoms with Gasteiger partial charge in [0, 0.05) is 68.7 Å². The van der Waals surface area contributed by atoms with E-state index in [2.05, 4.69) is 15.2 Å². The number of anilines is 1. The molecule has 33 heavy (non-hydrogen) atoms. The van der Waals surface area contributed by atoms with Crippen molar-refractivity contribution in [2.24, 2.45) is 0 Å². The molecule has 2 fully saturated rings. The van der Waals surface area contributed by atoms with Crippen LogP contribution >= 0.6 is 0 Å². The van der Waals surface area contributed by atoms with Crippen LogP contribution in [-0.4, -0.2) is 64.7 Å². The van der Waals surface area contributed by atoms with Crippen LogP contribution in [0.15, 0.2) is 30.5 Å². The summed E-state index contributed by atoms with van der Waals surface area (Å²) in [7, 11) is 0. The van der Waals surface area contributed by atoms with Crippen molar-refractivity contribution in [1.29, 1.82) is 0 Å². The number of halogens is 2. The minimum atomic E-state index is -0.742. The molecule has 172 valence electrons. The van der Waals surface area contributed by atoms with Crippen molar-refractivity contribution < 1.29 is 23.2 Å². The van der Waals surface area contributed by atoms with Gasteiger partial charge in [0.15, 0.2) is 0 Å². The van der Waals surface area contributed by atoms with Crippen LogP contribution in [-0.2, 0) is 22.7 Å². The van der Waals surface area contributed by atoms with Gasteiger partial charge in [0.25, 0.3) is 5.91 Å². The van der Waals surface area contributed by atoms with Crippen LogP contribution in [0.3, 0.4) is 0 Å². The molecule has 3 amide bonds. The van der Waals surface area contributed by atoms with E-state index in [0.717, 1.165) is 0 Å². The maximum absolute atomic E-state index is 14.5. The molecule has 10 heteroatoms. The molecule has 1 atom stereocenters. The minimum Gasteiger partial charge on any atom is -0.369 e. The fourth-order valence-electron chi connectivity index (χ4n) is 4.80. The topological polar surface area (TPSA) is 85.9 Å². The molecule has 0 aliphatic carbocycles. The fraction of sp³-hybridized carbons (Fsp3) is 0.391. The number of fused-ring (bicyclic) bond motifs is 1. The van der Waals surface area contributed by atoms with Crippen LogP contribution in [0.2, 0.25) is 0 Å². The third-order valence-corrected chi connectivity index (χ3v) is 6.47. The lowest BCUT2D eigenvalue weighted by Gasteiger charge is -2.37. The van der Waals surface area contributed by atoms with E-state index in [0.29, 0.717) is 49.7 Å². The number of carbonyl (C=O) groups is 3. The highest BCUT2D eigenvalue weighted by molar-refractivity contribution is 6.06. The van der Waals surface area contributed by atoms with Gasteiger partial charge in [0.2, 0.25) is 11.8 Å². The molecular weight excluding hydrogens is 432 g/mol. The van der Waals surface area contributed by atoms with Gasteiger partial charge in [0.1, 0.15) is 17.7 Å². The van der Waals surface area contributed by atoms with Crippen LogP contribution < -0.4 is 10.2 Å². The lowest BCUT2D eigenvalue weighted by Crippen LogP contribution is -2.52. The summed E-state index contributed by atoms with van der Waals surface area (Å²) in [5, 5.41) is 2.28. The smallest absolute Gasteiger partial charge is 0.255 e. The Morgan fingerprint density at radius 1 is 1.03 bits per heavy atom. The van der Waals surface area contributed by atoms with Gasteiger partial charge in [-0.1, -0.05) is 0 Å². The first-order valence-electron chi connectivity index (χ1n) is 10.9. The molecule has 1 N–H and O–H groups in total. The SMILES string of the molecule is O=C1CCC(N2Cc3c(cc(F)cc3N3CCN(Cc4cc(F)ccn4)CC3)C2=O)C(=O)N1. The van der Waals surface area contributed by atoms with Gasteiger partial charge in [-0.15, -0.1) is 0 Å². The molecule has 1 aromatic heterocycles. The van der Waals surface area contributed by atoms with Crippen molar-refractivity contribution in [2.75, 3.05) is 31.1 Å². The Balaban J connectivity index is 1.31. The van der Waals surface area contributed by atoms with Crippen molar-refractivity contribution in [3.05, 3.63) is 58.9 Å². The molecule has 0 radical (unpaired) electrons. The molecule has 0 spiro atoms. The molecule has 2 aromatic rings. The molecule has 4 heterocycles.